The third kappa shape index (κ3) is 4.16. The van der Waals surface area contributed by atoms with Crippen molar-refractivity contribution in [3.63, 3.8) is 0 Å². The number of aliphatic hydroxyl groups excluding tert-OH is 1. The van der Waals surface area contributed by atoms with Gasteiger partial charge in [-0.25, -0.2) is 4.39 Å². The summed E-state index contributed by atoms with van der Waals surface area (Å²) in [7, 11) is 0. The normalized spacial score (nSPS) is 13.4. The lowest BCUT2D eigenvalue weighted by atomic mass is 10.0. The number of H-pyrrole nitrogens is 1. The van der Waals surface area contributed by atoms with Crippen molar-refractivity contribution in [2.24, 2.45) is 0 Å². The molecule has 2 heterocycles. The summed E-state index contributed by atoms with van der Waals surface area (Å²) in [6, 6.07) is 6.02. The Balaban J connectivity index is 1.69. The van der Waals surface area contributed by atoms with Crippen molar-refractivity contribution in [3.8, 4) is 0 Å². The monoisotopic (exact) mass is 374 g/mol. The average molecular weight is 374 g/mol. The molecule has 0 saturated carbocycles. The largest absolute Gasteiger partial charge is 0.395 e. The van der Waals surface area contributed by atoms with Gasteiger partial charge in [-0.3, -0.25) is 14.7 Å². The van der Waals surface area contributed by atoms with Crippen molar-refractivity contribution < 1.29 is 19.1 Å². The van der Waals surface area contributed by atoms with Gasteiger partial charge in [0.1, 0.15) is 5.82 Å². The molecule has 0 bridgehead atoms. The molecule has 0 spiro atoms. The maximum Gasteiger partial charge on any atom is 0.274 e. The number of carbonyl (C=O) groups is 2. The van der Waals surface area contributed by atoms with E-state index < -0.39 is 0 Å². The molecular formula is C19H23FN4O3. The van der Waals surface area contributed by atoms with Gasteiger partial charge in [-0.05, 0) is 31.0 Å². The lowest BCUT2D eigenvalue weighted by Gasteiger charge is -2.27. The number of rotatable bonds is 6. The highest BCUT2D eigenvalue weighted by Crippen LogP contribution is 2.22. The standard InChI is InChI=1S/C19H23FN4O3/c1-2-23(8-9-25)19(27)18-15-6-7-24(12-16(15)21-22-18)17(26)11-13-4-3-5-14(20)10-13/h3-5,10,25H,2,6-9,11-12H2,1H3,(H,21,22). The van der Waals surface area contributed by atoms with E-state index in [2.05, 4.69) is 10.2 Å². The fraction of sp³-hybridized carbons (Fsp3) is 0.421. The molecule has 2 aromatic rings. The number of amides is 2. The Hall–Kier alpha value is -2.74. The predicted octanol–water partition coefficient (Wildman–Crippen LogP) is 1.13. The van der Waals surface area contributed by atoms with Gasteiger partial charge in [0.05, 0.1) is 25.3 Å². The second-order valence-corrected chi connectivity index (χ2v) is 6.51. The van der Waals surface area contributed by atoms with Crippen LogP contribution in [0.25, 0.3) is 0 Å². The number of aromatic nitrogens is 2. The molecule has 1 aromatic heterocycles. The third-order valence-corrected chi connectivity index (χ3v) is 4.77. The minimum absolute atomic E-state index is 0.0933. The minimum Gasteiger partial charge on any atom is -0.395 e. The van der Waals surface area contributed by atoms with Crippen molar-refractivity contribution in [3.05, 3.63) is 52.6 Å². The molecule has 1 aromatic carbocycles. The number of nitrogens with one attached hydrogen (secondary N) is 1. The highest BCUT2D eigenvalue weighted by Gasteiger charge is 2.29. The van der Waals surface area contributed by atoms with Gasteiger partial charge in [0.25, 0.3) is 5.91 Å². The van der Waals surface area contributed by atoms with Crippen LogP contribution in [0.2, 0.25) is 0 Å². The summed E-state index contributed by atoms with van der Waals surface area (Å²) in [5, 5.41) is 16.1. The molecule has 1 aliphatic heterocycles. The minimum atomic E-state index is -0.360. The second kappa shape index (κ2) is 8.30. The van der Waals surface area contributed by atoms with Crippen molar-refractivity contribution in [2.75, 3.05) is 26.2 Å². The first-order valence-corrected chi connectivity index (χ1v) is 9.02. The van der Waals surface area contributed by atoms with Gasteiger partial charge >= 0.3 is 0 Å². The van der Waals surface area contributed by atoms with E-state index in [9.17, 15) is 14.0 Å². The Bertz CT molecular complexity index is 836. The van der Waals surface area contributed by atoms with Crippen molar-refractivity contribution in [2.45, 2.75) is 26.3 Å². The van der Waals surface area contributed by atoms with Crippen molar-refractivity contribution in [1.82, 2.24) is 20.0 Å². The lowest BCUT2D eigenvalue weighted by Crippen LogP contribution is -2.38. The number of fused-ring (bicyclic) bond motifs is 1. The van der Waals surface area contributed by atoms with E-state index in [1.54, 1.807) is 17.0 Å². The summed E-state index contributed by atoms with van der Waals surface area (Å²) in [5.41, 5.74) is 2.56. The molecule has 7 nitrogen and oxygen atoms in total. The molecule has 1 aliphatic rings. The number of hydrogen-bond acceptors (Lipinski definition) is 4. The van der Waals surface area contributed by atoms with Crippen LogP contribution in [0.5, 0.6) is 0 Å². The zero-order chi connectivity index (χ0) is 19.4. The smallest absolute Gasteiger partial charge is 0.274 e. The fourth-order valence-electron chi connectivity index (χ4n) is 3.31. The van der Waals surface area contributed by atoms with Crippen LogP contribution in [0, 0.1) is 5.82 Å². The summed E-state index contributed by atoms with van der Waals surface area (Å²) in [6.45, 7) is 3.31. The highest BCUT2D eigenvalue weighted by atomic mass is 19.1. The molecule has 0 aliphatic carbocycles. The molecule has 0 fully saturated rings. The summed E-state index contributed by atoms with van der Waals surface area (Å²) in [5.74, 6) is -0.672. The van der Waals surface area contributed by atoms with Gasteiger partial charge < -0.3 is 14.9 Å². The number of nitrogens with zero attached hydrogens (tertiary/aromatic N) is 3. The first-order valence-electron chi connectivity index (χ1n) is 9.02. The molecule has 0 saturated heterocycles. The van der Waals surface area contributed by atoms with Crippen molar-refractivity contribution in [1.29, 1.82) is 0 Å². The van der Waals surface area contributed by atoms with E-state index in [-0.39, 0.29) is 37.2 Å². The van der Waals surface area contributed by atoms with Crippen LogP contribution in [0.3, 0.4) is 0 Å². The number of carbonyl (C=O) groups excluding carboxylic acids is 2. The van der Waals surface area contributed by atoms with Crippen LogP contribution in [-0.4, -0.2) is 63.2 Å². The topological polar surface area (TPSA) is 89.5 Å². The molecule has 144 valence electrons. The Labute approximate surface area is 156 Å². The summed E-state index contributed by atoms with van der Waals surface area (Å²) < 4.78 is 13.3. The Morgan fingerprint density at radius 2 is 2.22 bits per heavy atom. The highest BCUT2D eigenvalue weighted by molar-refractivity contribution is 5.94. The van der Waals surface area contributed by atoms with Gasteiger partial charge in [-0.2, -0.15) is 5.10 Å². The quantitative estimate of drug-likeness (QED) is 0.793. The predicted molar refractivity (Wildman–Crippen MR) is 96.5 cm³/mol. The van der Waals surface area contributed by atoms with Crippen LogP contribution in [-0.2, 0) is 24.2 Å². The van der Waals surface area contributed by atoms with Crippen LogP contribution in [0.1, 0.15) is 34.2 Å². The van der Waals surface area contributed by atoms with Gasteiger partial charge in [0.2, 0.25) is 5.91 Å². The maximum absolute atomic E-state index is 13.3. The van der Waals surface area contributed by atoms with Gasteiger partial charge in [0.15, 0.2) is 5.69 Å². The Morgan fingerprint density at radius 1 is 1.41 bits per heavy atom. The maximum atomic E-state index is 13.3. The number of hydrogen-bond donors (Lipinski definition) is 2. The molecule has 2 amide bonds. The van der Waals surface area contributed by atoms with E-state index in [4.69, 9.17) is 5.11 Å². The Kier molecular flexibility index (Phi) is 5.85. The van der Waals surface area contributed by atoms with E-state index in [0.717, 1.165) is 11.3 Å². The van der Waals surface area contributed by atoms with Gasteiger partial charge in [0, 0.05) is 25.2 Å². The zero-order valence-corrected chi connectivity index (χ0v) is 15.2. The number of aliphatic hydroxyl groups is 1. The van der Waals surface area contributed by atoms with Gasteiger partial charge in [-0.15, -0.1) is 0 Å². The molecule has 0 unspecified atom stereocenters. The molecule has 27 heavy (non-hydrogen) atoms. The number of benzene rings is 1. The number of halogens is 1. The molecular weight excluding hydrogens is 351 g/mol. The number of aromatic amines is 1. The molecule has 0 radical (unpaired) electrons. The summed E-state index contributed by atoms with van der Waals surface area (Å²) >= 11 is 0. The summed E-state index contributed by atoms with van der Waals surface area (Å²) in [4.78, 5) is 28.4. The van der Waals surface area contributed by atoms with E-state index in [1.165, 1.54) is 17.0 Å². The third-order valence-electron chi connectivity index (χ3n) is 4.77. The van der Waals surface area contributed by atoms with Crippen LogP contribution in [0.4, 0.5) is 4.39 Å². The fourth-order valence-corrected chi connectivity index (χ4v) is 3.31. The molecule has 3 rings (SSSR count). The van der Waals surface area contributed by atoms with Crippen LogP contribution >= 0.6 is 0 Å². The van der Waals surface area contributed by atoms with E-state index in [0.29, 0.717) is 37.3 Å². The van der Waals surface area contributed by atoms with Crippen LogP contribution in [0.15, 0.2) is 24.3 Å². The SMILES string of the molecule is CCN(CCO)C(=O)c1n[nH]c2c1CCN(C(=O)Cc1cccc(F)c1)C2. The molecule has 8 heteroatoms. The average Bonchev–Trinajstić information content (AvgIpc) is 3.08. The number of likely N-dealkylation sites (N-methyl/N-ethyl adjacent to an activating group) is 1. The second-order valence-electron chi connectivity index (χ2n) is 6.51. The lowest BCUT2D eigenvalue weighted by molar-refractivity contribution is -0.131. The first-order chi connectivity index (χ1) is 13.0. The van der Waals surface area contributed by atoms with E-state index in [1.807, 2.05) is 6.92 Å². The summed E-state index contributed by atoms with van der Waals surface area (Å²) in [6.07, 6.45) is 0.658. The first kappa shape index (κ1) is 19.0. The van der Waals surface area contributed by atoms with Gasteiger partial charge in [-0.1, -0.05) is 12.1 Å². The molecule has 0 atom stereocenters. The zero-order valence-electron chi connectivity index (χ0n) is 15.2. The molecule has 2 N–H and O–H groups in total. The van der Waals surface area contributed by atoms with E-state index >= 15 is 0 Å². The van der Waals surface area contributed by atoms with Crippen molar-refractivity contribution >= 4 is 11.8 Å². The van der Waals surface area contributed by atoms with Crippen LogP contribution < -0.4 is 0 Å². The Morgan fingerprint density at radius 3 is 2.93 bits per heavy atom.